The Morgan fingerprint density at radius 2 is 1.59 bits per heavy atom. The number of thiophene rings is 2. The van der Waals surface area contributed by atoms with E-state index in [-0.39, 0.29) is 22.7 Å². The highest BCUT2D eigenvalue weighted by molar-refractivity contribution is 7.18. The molecule has 2 aliphatic carbocycles. The van der Waals surface area contributed by atoms with Gasteiger partial charge in [-0.3, -0.25) is 4.79 Å². The molecule has 2 aliphatic rings. The molecule has 0 bridgehead atoms. The van der Waals surface area contributed by atoms with E-state index in [1.807, 2.05) is 0 Å². The Morgan fingerprint density at radius 3 is 2.15 bits per heavy atom. The van der Waals surface area contributed by atoms with Crippen LogP contribution in [0.15, 0.2) is 11.1 Å². The van der Waals surface area contributed by atoms with Crippen molar-refractivity contribution in [2.45, 2.75) is 56.7 Å². The van der Waals surface area contributed by atoms with Crippen LogP contribution in [0.3, 0.4) is 0 Å². The van der Waals surface area contributed by atoms with Crippen molar-refractivity contribution in [2.24, 2.45) is 0 Å². The molecule has 3 heterocycles. The van der Waals surface area contributed by atoms with E-state index < -0.39 is 0 Å². The number of aromatic amines is 1. The molecule has 2 unspecified atom stereocenters. The van der Waals surface area contributed by atoms with Crippen molar-refractivity contribution in [3.05, 3.63) is 43.1 Å². The van der Waals surface area contributed by atoms with E-state index in [4.69, 9.17) is 29.4 Å². The van der Waals surface area contributed by atoms with Crippen LogP contribution in [0.2, 0.25) is 0 Å². The van der Waals surface area contributed by atoms with Crippen LogP contribution in [-0.4, -0.2) is 75.4 Å². The van der Waals surface area contributed by atoms with Crippen LogP contribution in [0, 0.1) is 0 Å². The molecular formula is C27H37N3O7S2. The van der Waals surface area contributed by atoms with E-state index in [1.54, 1.807) is 46.7 Å². The molecule has 10 nitrogen and oxygen atoms in total. The van der Waals surface area contributed by atoms with Gasteiger partial charge in [-0.1, -0.05) is 0 Å². The van der Waals surface area contributed by atoms with E-state index in [0.717, 1.165) is 64.7 Å². The number of nitrogens with zero attached hydrogens (tertiary/aromatic N) is 1. The predicted molar refractivity (Wildman–Crippen MR) is 152 cm³/mol. The van der Waals surface area contributed by atoms with Crippen LogP contribution in [0.5, 0.6) is 0 Å². The zero-order chi connectivity index (χ0) is 28.2. The molecule has 12 heteroatoms. The van der Waals surface area contributed by atoms with Gasteiger partial charge in [0.2, 0.25) is 0 Å². The summed E-state index contributed by atoms with van der Waals surface area (Å²) < 4.78 is 27.0. The highest BCUT2D eigenvalue weighted by atomic mass is 32.1. The summed E-state index contributed by atoms with van der Waals surface area (Å²) in [5.74, 6) is -0.320. The van der Waals surface area contributed by atoms with Crippen molar-refractivity contribution in [3.63, 3.8) is 0 Å². The Morgan fingerprint density at radius 1 is 1.00 bits per heavy atom. The molecule has 39 heavy (non-hydrogen) atoms. The second-order valence-electron chi connectivity index (χ2n) is 9.87. The maximum Gasteiger partial charge on any atom is 0.341 e. The number of hydrogen-bond donors (Lipinski definition) is 2. The van der Waals surface area contributed by atoms with Gasteiger partial charge < -0.3 is 34.4 Å². The molecule has 0 spiro atoms. The first-order valence-electron chi connectivity index (χ1n) is 12.9. The largest absolute Gasteiger partial charge is 0.462 e. The van der Waals surface area contributed by atoms with Crippen molar-refractivity contribution >= 4 is 43.9 Å². The lowest BCUT2D eigenvalue weighted by molar-refractivity contribution is -0.0716. The van der Waals surface area contributed by atoms with Gasteiger partial charge in [0.15, 0.2) is 0 Å². The molecule has 0 saturated carbocycles. The van der Waals surface area contributed by atoms with Crippen molar-refractivity contribution in [1.29, 1.82) is 0 Å². The van der Waals surface area contributed by atoms with Gasteiger partial charge in [0.25, 0.3) is 5.56 Å². The van der Waals surface area contributed by atoms with Crippen LogP contribution < -0.4 is 11.3 Å². The van der Waals surface area contributed by atoms with E-state index >= 15 is 0 Å². The molecule has 0 aromatic carbocycles. The van der Waals surface area contributed by atoms with Crippen molar-refractivity contribution in [2.75, 3.05) is 54.0 Å². The van der Waals surface area contributed by atoms with E-state index in [1.165, 1.54) is 22.5 Å². The Labute approximate surface area is 235 Å². The molecule has 3 N–H and O–H groups in total. The lowest BCUT2D eigenvalue weighted by Gasteiger charge is -2.35. The lowest BCUT2D eigenvalue weighted by atomic mass is 9.83. The number of ether oxygens (including phenoxy) is 5. The first kappa shape index (κ1) is 29.6. The summed E-state index contributed by atoms with van der Waals surface area (Å²) in [4.78, 5) is 34.0. The van der Waals surface area contributed by atoms with Gasteiger partial charge in [-0.05, 0) is 43.7 Å². The summed E-state index contributed by atoms with van der Waals surface area (Å²) in [6.07, 6.45) is 6.24. The molecule has 5 rings (SSSR count). The average Bonchev–Trinajstić information content (AvgIpc) is 3.45. The zero-order valence-electron chi connectivity index (χ0n) is 23.1. The summed E-state index contributed by atoms with van der Waals surface area (Å²) in [5, 5.41) is 1.29. The number of aromatic nitrogens is 2. The van der Waals surface area contributed by atoms with Gasteiger partial charge in [0, 0.05) is 51.0 Å². The number of anilines is 1. The minimum Gasteiger partial charge on any atom is -0.462 e. The molecule has 0 aliphatic heterocycles. The molecule has 0 fully saturated rings. The highest BCUT2D eigenvalue weighted by Crippen LogP contribution is 2.41. The van der Waals surface area contributed by atoms with Gasteiger partial charge in [-0.15, -0.1) is 22.7 Å². The number of hydrogen-bond acceptors (Lipinski definition) is 11. The SMILES string of the molecule is CCOC(=O)c1c(N)sc2c1CCC(COC)(OC)C2.COCC1(OC)CCc2c(sc3nc[nH]c(=O)c23)C1. The van der Waals surface area contributed by atoms with Gasteiger partial charge >= 0.3 is 5.97 Å². The average molecular weight is 580 g/mol. The number of carbonyl (C=O) groups excluding carboxylic acids is 1. The second-order valence-corrected chi connectivity index (χ2v) is 12.1. The molecule has 0 amide bonds. The van der Waals surface area contributed by atoms with Crippen LogP contribution in [-0.2, 0) is 49.4 Å². The van der Waals surface area contributed by atoms with E-state index in [2.05, 4.69) is 9.97 Å². The molecular weight excluding hydrogens is 542 g/mol. The molecule has 3 aromatic rings. The Hall–Kier alpha value is -2.35. The van der Waals surface area contributed by atoms with Gasteiger partial charge in [0.1, 0.15) is 9.83 Å². The molecule has 214 valence electrons. The van der Waals surface area contributed by atoms with E-state index in [0.29, 0.717) is 30.4 Å². The molecule has 2 atom stereocenters. The lowest BCUT2D eigenvalue weighted by Crippen LogP contribution is -2.42. The number of aryl methyl sites for hydroxylation is 1. The Balaban J connectivity index is 0.000000181. The number of nitrogens with two attached hydrogens (primary N) is 1. The minimum atomic E-state index is -0.320. The van der Waals surface area contributed by atoms with Gasteiger partial charge in [0.05, 0.1) is 48.3 Å². The molecule has 0 saturated heterocycles. The van der Waals surface area contributed by atoms with Crippen molar-refractivity contribution in [1.82, 2.24) is 9.97 Å². The second kappa shape index (κ2) is 12.4. The standard InChI is InChI=1S/C14H21NO4S.C13H16N2O3S/c1-4-19-13(16)11-9-5-6-14(18-3,8-17-2)7-10(9)20-12(11)15;1-17-6-13(18-2)4-3-8-9(5-13)19-12-10(8)11(16)14-7-15-12/h4-8,15H2,1-3H3;7H,3-6H2,1-2H3,(H,14,15,16). The minimum absolute atomic E-state index is 0.0424. The Bertz CT molecular complexity index is 1370. The first-order chi connectivity index (χ1) is 18.8. The summed E-state index contributed by atoms with van der Waals surface area (Å²) >= 11 is 3.05. The first-order valence-corrected chi connectivity index (χ1v) is 14.5. The van der Waals surface area contributed by atoms with Crippen LogP contribution in [0.1, 0.15) is 51.0 Å². The number of esters is 1. The third-order valence-corrected chi connectivity index (χ3v) is 9.78. The summed E-state index contributed by atoms with van der Waals surface area (Å²) in [5.41, 5.74) is 8.09. The normalized spacial score (nSPS) is 22.1. The fraction of sp³-hybridized carbons (Fsp3) is 0.593. The Kier molecular flexibility index (Phi) is 9.45. The number of fused-ring (bicyclic) bond motifs is 4. The smallest absolute Gasteiger partial charge is 0.341 e. The molecule has 3 aromatic heterocycles. The van der Waals surface area contributed by atoms with Crippen LogP contribution >= 0.6 is 22.7 Å². The predicted octanol–water partition coefficient (Wildman–Crippen LogP) is 3.53. The third-order valence-electron chi connectivity index (χ3n) is 7.58. The third kappa shape index (κ3) is 5.91. The monoisotopic (exact) mass is 579 g/mol. The highest BCUT2D eigenvalue weighted by Gasteiger charge is 2.39. The number of H-pyrrole nitrogens is 1. The fourth-order valence-corrected chi connectivity index (χ4v) is 8.08. The van der Waals surface area contributed by atoms with Gasteiger partial charge in [-0.2, -0.15) is 0 Å². The number of rotatable bonds is 8. The number of nitrogen functional groups attached to an aromatic ring is 1. The number of methoxy groups -OCH3 is 4. The van der Waals surface area contributed by atoms with E-state index in [9.17, 15) is 9.59 Å². The number of nitrogens with one attached hydrogen (secondary N) is 1. The zero-order valence-corrected chi connectivity index (χ0v) is 24.8. The summed E-state index contributed by atoms with van der Waals surface area (Å²) in [7, 11) is 6.78. The topological polar surface area (TPSA) is 135 Å². The maximum atomic E-state index is 12.0. The van der Waals surface area contributed by atoms with Crippen LogP contribution in [0.4, 0.5) is 5.00 Å². The summed E-state index contributed by atoms with van der Waals surface area (Å²) in [6, 6.07) is 0. The van der Waals surface area contributed by atoms with Crippen LogP contribution in [0.25, 0.3) is 10.2 Å². The van der Waals surface area contributed by atoms with Crippen molar-refractivity contribution in [3.8, 4) is 0 Å². The molecule has 0 radical (unpaired) electrons. The quantitative estimate of drug-likeness (QED) is 0.384. The van der Waals surface area contributed by atoms with Crippen molar-refractivity contribution < 1.29 is 28.5 Å². The van der Waals surface area contributed by atoms with Gasteiger partial charge in [-0.25, -0.2) is 9.78 Å². The number of carbonyl (C=O) groups is 1. The maximum absolute atomic E-state index is 12.0. The fourth-order valence-electron chi connectivity index (χ4n) is 5.53. The summed E-state index contributed by atoms with van der Waals surface area (Å²) in [6.45, 7) is 3.26.